The Morgan fingerprint density at radius 3 is 2.52 bits per heavy atom. The van der Waals surface area contributed by atoms with Gasteiger partial charge in [0.25, 0.3) is 5.91 Å². The normalized spacial score (nSPS) is 21.3. The van der Waals surface area contributed by atoms with Gasteiger partial charge in [-0.2, -0.15) is 0 Å². The van der Waals surface area contributed by atoms with Crippen LogP contribution in [0.5, 0.6) is 0 Å². The Morgan fingerprint density at radius 2 is 1.72 bits per heavy atom. The van der Waals surface area contributed by atoms with E-state index >= 15 is 0 Å². The quantitative estimate of drug-likeness (QED) is 0.543. The summed E-state index contributed by atoms with van der Waals surface area (Å²) in [7, 11) is 0. The molecule has 0 unspecified atom stereocenters. The SMILES string of the molecule is O=C(OCC(=O)N1CCC[C@@H]2CCCC[C@@H]21)c1ccccc1C(=O)c1cccs1. The Hall–Kier alpha value is -2.47. The Morgan fingerprint density at radius 1 is 0.966 bits per heavy atom. The lowest BCUT2D eigenvalue weighted by atomic mass is 9.78. The number of amides is 1. The number of rotatable bonds is 5. The smallest absolute Gasteiger partial charge is 0.339 e. The lowest BCUT2D eigenvalue weighted by molar-refractivity contribution is -0.140. The van der Waals surface area contributed by atoms with Crippen LogP contribution in [0.15, 0.2) is 41.8 Å². The van der Waals surface area contributed by atoms with Crippen LogP contribution < -0.4 is 0 Å². The molecule has 2 aliphatic rings. The van der Waals surface area contributed by atoms with Gasteiger partial charge in [-0.1, -0.05) is 37.1 Å². The number of hydrogen-bond donors (Lipinski definition) is 0. The number of fused-ring (bicyclic) bond motifs is 1. The summed E-state index contributed by atoms with van der Waals surface area (Å²) in [6.07, 6.45) is 6.83. The van der Waals surface area contributed by atoms with E-state index in [0.717, 1.165) is 25.8 Å². The summed E-state index contributed by atoms with van der Waals surface area (Å²) in [5.41, 5.74) is 0.505. The first-order chi connectivity index (χ1) is 14.1. The zero-order valence-electron chi connectivity index (χ0n) is 16.3. The monoisotopic (exact) mass is 411 g/mol. The van der Waals surface area contributed by atoms with Crippen molar-refractivity contribution in [3.05, 3.63) is 57.8 Å². The molecule has 2 atom stereocenters. The average Bonchev–Trinajstić information content (AvgIpc) is 3.31. The predicted octanol–water partition coefficient (Wildman–Crippen LogP) is 4.32. The molecule has 2 heterocycles. The van der Waals surface area contributed by atoms with E-state index in [-0.39, 0.29) is 29.9 Å². The molecule has 2 fully saturated rings. The first kappa shape index (κ1) is 19.8. The van der Waals surface area contributed by atoms with Gasteiger partial charge in [0.05, 0.1) is 10.4 Å². The second kappa shape index (κ2) is 8.91. The van der Waals surface area contributed by atoms with Gasteiger partial charge < -0.3 is 9.64 Å². The number of nitrogens with zero attached hydrogens (tertiary/aromatic N) is 1. The second-order valence-corrected chi connectivity index (χ2v) is 8.72. The first-order valence-electron chi connectivity index (χ1n) is 10.3. The molecule has 1 amide bonds. The van der Waals surface area contributed by atoms with Crippen molar-refractivity contribution in [3.63, 3.8) is 0 Å². The number of benzene rings is 1. The van der Waals surface area contributed by atoms with Crippen molar-refractivity contribution >= 4 is 29.0 Å². The van der Waals surface area contributed by atoms with Crippen LogP contribution in [0, 0.1) is 5.92 Å². The second-order valence-electron chi connectivity index (χ2n) is 7.77. The molecule has 1 aromatic heterocycles. The lowest BCUT2D eigenvalue weighted by Gasteiger charge is -2.44. The van der Waals surface area contributed by atoms with E-state index in [9.17, 15) is 14.4 Å². The van der Waals surface area contributed by atoms with Crippen molar-refractivity contribution in [2.75, 3.05) is 13.2 Å². The number of hydrogen-bond acceptors (Lipinski definition) is 5. The van der Waals surface area contributed by atoms with Crippen LogP contribution in [0.1, 0.15) is 64.1 Å². The maximum absolute atomic E-state index is 12.8. The number of ether oxygens (including phenoxy) is 1. The van der Waals surface area contributed by atoms with Gasteiger partial charge in [-0.3, -0.25) is 9.59 Å². The Balaban J connectivity index is 1.42. The van der Waals surface area contributed by atoms with Crippen LogP contribution >= 0.6 is 11.3 Å². The van der Waals surface area contributed by atoms with Crippen molar-refractivity contribution in [2.45, 2.75) is 44.6 Å². The molecule has 0 spiro atoms. The fourth-order valence-corrected chi connectivity index (χ4v) is 5.30. The Labute approximate surface area is 174 Å². The number of thiophene rings is 1. The van der Waals surface area contributed by atoms with Gasteiger partial charge in [0.1, 0.15) is 0 Å². The van der Waals surface area contributed by atoms with E-state index in [0.29, 0.717) is 16.4 Å². The number of esters is 1. The molecule has 5 nitrogen and oxygen atoms in total. The molecule has 2 aromatic rings. The van der Waals surface area contributed by atoms with Gasteiger partial charge in [-0.25, -0.2) is 4.79 Å². The minimum atomic E-state index is -0.629. The largest absolute Gasteiger partial charge is 0.452 e. The van der Waals surface area contributed by atoms with Crippen molar-refractivity contribution in [2.24, 2.45) is 5.92 Å². The molecule has 29 heavy (non-hydrogen) atoms. The molecular formula is C23H25NO4S. The maximum Gasteiger partial charge on any atom is 0.339 e. The highest BCUT2D eigenvalue weighted by atomic mass is 32.1. The molecular weight excluding hydrogens is 386 g/mol. The summed E-state index contributed by atoms with van der Waals surface area (Å²) < 4.78 is 5.35. The fraction of sp³-hybridized carbons (Fsp3) is 0.435. The summed E-state index contributed by atoms with van der Waals surface area (Å²) in [6.45, 7) is 0.467. The van der Waals surface area contributed by atoms with Crippen LogP contribution in [-0.2, 0) is 9.53 Å². The fourth-order valence-electron chi connectivity index (χ4n) is 4.62. The van der Waals surface area contributed by atoms with Gasteiger partial charge in [-0.15, -0.1) is 11.3 Å². The van der Waals surface area contributed by atoms with E-state index in [4.69, 9.17) is 4.74 Å². The van der Waals surface area contributed by atoms with Crippen molar-refractivity contribution in [3.8, 4) is 0 Å². The summed E-state index contributed by atoms with van der Waals surface area (Å²) in [5, 5.41) is 1.82. The zero-order chi connectivity index (χ0) is 20.2. The molecule has 1 saturated carbocycles. The van der Waals surface area contributed by atoms with E-state index in [1.165, 1.54) is 30.6 Å². The van der Waals surface area contributed by atoms with E-state index in [1.807, 2.05) is 10.3 Å². The first-order valence-corrected chi connectivity index (χ1v) is 11.2. The number of likely N-dealkylation sites (tertiary alicyclic amines) is 1. The third kappa shape index (κ3) is 4.27. The summed E-state index contributed by atoms with van der Waals surface area (Å²) in [5.74, 6) is -0.380. The predicted molar refractivity (Wildman–Crippen MR) is 111 cm³/mol. The summed E-state index contributed by atoms with van der Waals surface area (Å²) in [4.78, 5) is 40.6. The van der Waals surface area contributed by atoms with Crippen LogP contribution in [0.2, 0.25) is 0 Å². The summed E-state index contributed by atoms with van der Waals surface area (Å²) >= 11 is 1.33. The molecule has 1 aliphatic carbocycles. The highest BCUT2D eigenvalue weighted by Crippen LogP contribution is 2.35. The third-order valence-corrected chi connectivity index (χ3v) is 6.90. The molecule has 0 bridgehead atoms. The van der Waals surface area contributed by atoms with E-state index < -0.39 is 5.97 Å². The van der Waals surface area contributed by atoms with Crippen LogP contribution in [0.25, 0.3) is 0 Å². The molecule has 4 rings (SSSR count). The number of piperidine rings is 1. The Kier molecular flexibility index (Phi) is 6.09. The highest BCUT2D eigenvalue weighted by Gasteiger charge is 2.36. The minimum absolute atomic E-state index is 0.128. The van der Waals surface area contributed by atoms with Gasteiger partial charge in [0.15, 0.2) is 6.61 Å². The van der Waals surface area contributed by atoms with Gasteiger partial charge >= 0.3 is 5.97 Å². The van der Waals surface area contributed by atoms with E-state index in [1.54, 1.807) is 36.4 Å². The molecule has 152 valence electrons. The van der Waals surface area contributed by atoms with Gasteiger partial charge in [0.2, 0.25) is 5.78 Å². The molecule has 6 heteroatoms. The number of carbonyl (C=O) groups is 3. The molecule has 1 aliphatic heterocycles. The van der Waals surface area contributed by atoms with Crippen molar-refractivity contribution in [1.29, 1.82) is 0 Å². The molecule has 1 saturated heterocycles. The van der Waals surface area contributed by atoms with Gasteiger partial charge in [0, 0.05) is 18.2 Å². The topological polar surface area (TPSA) is 63.7 Å². The summed E-state index contributed by atoms with van der Waals surface area (Å²) in [6, 6.07) is 10.4. The zero-order valence-corrected chi connectivity index (χ0v) is 17.2. The van der Waals surface area contributed by atoms with Crippen molar-refractivity contribution in [1.82, 2.24) is 4.90 Å². The van der Waals surface area contributed by atoms with E-state index in [2.05, 4.69) is 0 Å². The average molecular weight is 412 g/mol. The lowest BCUT2D eigenvalue weighted by Crippen LogP contribution is -2.50. The minimum Gasteiger partial charge on any atom is -0.452 e. The highest BCUT2D eigenvalue weighted by molar-refractivity contribution is 7.12. The van der Waals surface area contributed by atoms with Crippen LogP contribution in [0.3, 0.4) is 0 Å². The maximum atomic E-state index is 12.8. The molecule has 1 aromatic carbocycles. The standard InChI is InChI=1S/C23H25NO4S/c25-21(24-13-5-8-16-7-1-4-11-19(16)24)15-28-23(27)18-10-3-2-9-17(18)22(26)20-12-6-14-29-20/h2-3,6,9-10,12,14,16,19H,1,4-5,7-8,11,13,15H2/t16-,19-/m0/s1. The Bertz CT molecular complexity index is 890. The van der Waals surface area contributed by atoms with Crippen molar-refractivity contribution < 1.29 is 19.1 Å². The van der Waals surface area contributed by atoms with Crippen LogP contribution in [0.4, 0.5) is 0 Å². The number of carbonyl (C=O) groups excluding carboxylic acids is 3. The third-order valence-electron chi connectivity index (χ3n) is 6.03. The van der Waals surface area contributed by atoms with Crippen LogP contribution in [-0.4, -0.2) is 41.8 Å². The molecule has 0 N–H and O–H groups in total. The molecule has 0 radical (unpaired) electrons. The van der Waals surface area contributed by atoms with Gasteiger partial charge in [-0.05, 0) is 49.1 Å². The number of ketones is 1.